The summed E-state index contributed by atoms with van der Waals surface area (Å²) in [5.74, 6) is 0.853. The fourth-order valence-corrected chi connectivity index (χ4v) is 1.88. The van der Waals surface area contributed by atoms with Crippen molar-refractivity contribution in [2.75, 3.05) is 25.1 Å². The van der Waals surface area contributed by atoms with Gasteiger partial charge in [0.15, 0.2) is 0 Å². The molecule has 0 radical (unpaired) electrons. The highest BCUT2D eigenvalue weighted by Gasteiger charge is 2.16. The molecule has 0 saturated carbocycles. The van der Waals surface area contributed by atoms with Gasteiger partial charge in [-0.25, -0.2) is 4.98 Å². The van der Waals surface area contributed by atoms with Crippen LogP contribution in [0.1, 0.15) is 6.42 Å². The van der Waals surface area contributed by atoms with Crippen LogP contribution in [0.3, 0.4) is 0 Å². The Morgan fingerprint density at radius 3 is 3.12 bits per heavy atom. The summed E-state index contributed by atoms with van der Waals surface area (Å²) in [5.41, 5.74) is -0.0600. The Hall–Kier alpha value is -1.40. The minimum atomic E-state index is -0.489. The average molecular weight is 258 g/mol. The van der Waals surface area contributed by atoms with Gasteiger partial charge < -0.3 is 10.1 Å². The molecule has 1 unspecified atom stereocenters. The van der Waals surface area contributed by atoms with Crippen LogP contribution in [0.5, 0.6) is 0 Å². The predicted molar refractivity (Wildman–Crippen MR) is 63.3 cm³/mol. The average Bonchev–Trinajstić information content (AvgIpc) is 2.78. The van der Waals surface area contributed by atoms with Crippen molar-refractivity contribution in [3.05, 3.63) is 27.4 Å². The zero-order valence-electron chi connectivity index (χ0n) is 9.06. The van der Waals surface area contributed by atoms with Crippen molar-refractivity contribution in [3.8, 4) is 0 Å². The number of halogens is 1. The summed E-state index contributed by atoms with van der Waals surface area (Å²) in [7, 11) is 0. The molecule has 1 fully saturated rings. The number of hydrogen-bond donors (Lipinski definition) is 1. The van der Waals surface area contributed by atoms with Crippen LogP contribution in [0.25, 0.3) is 0 Å². The summed E-state index contributed by atoms with van der Waals surface area (Å²) >= 11 is 5.71. The molecule has 1 saturated heterocycles. The number of nitrogens with one attached hydrogen (secondary N) is 1. The Morgan fingerprint density at radius 2 is 2.47 bits per heavy atom. The van der Waals surface area contributed by atoms with Crippen molar-refractivity contribution in [1.29, 1.82) is 0 Å². The van der Waals surface area contributed by atoms with E-state index in [1.54, 1.807) is 0 Å². The lowest BCUT2D eigenvalue weighted by Crippen LogP contribution is -2.14. The largest absolute Gasteiger partial charge is 0.381 e. The monoisotopic (exact) mass is 257 g/mol. The van der Waals surface area contributed by atoms with Crippen molar-refractivity contribution >= 4 is 23.1 Å². The molecule has 0 amide bonds. The number of pyridine rings is 1. The van der Waals surface area contributed by atoms with E-state index in [1.165, 1.54) is 12.1 Å². The molecule has 0 bridgehead atoms. The second-order valence-electron chi connectivity index (χ2n) is 3.90. The molecule has 2 rings (SSSR count). The Morgan fingerprint density at radius 1 is 1.65 bits per heavy atom. The SMILES string of the molecule is O=[N+]([O-])c1cc(Cl)nc(NCC2CCOC2)c1. The van der Waals surface area contributed by atoms with Crippen LogP contribution in [-0.4, -0.2) is 29.7 Å². The van der Waals surface area contributed by atoms with Crippen molar-refractivity contribution in [1.82, 2.24) is 4.98 Å². The molecule has 92 valence electrons. The molecule has 2 heterocycles. The lowest BCUT2D eigenvalue weighted by Gasteiger charge is -2.09. The van der Waals surface area contributed by atoms with E-state index in [4.69, 9.17) is 16.3 Å². The number of nitro groups is 1. The molecular weight excluding hydrogens is 246 g/mol. The fourth-order valence-electron chi connectivity index (χ4n) is 1.67. The van der Waals surface area contributed by atoms with E-state index >= 15 is 0 Å². The van der Waals surface area contributed by atoms with Crippen LogP contribution in [0.4, 0.5) is 11.5 Å². The Bertz CT molecular complexity index is 421. The lowest BCUT2D eigenvalue weighted by molar-refractivity contribution is -0.384. The van der Waals surface area contributed by atoms with Crippen molar-refractivity contribution in [2.45, 2.75) is 6.42 Å². The van der Waals surface area contributed by atoms with Crippen LogP contribution in [-0.2, 0) is 4.74 Å². The van der Waals surface area contributed by atoms with Gasteiger partial charge in [0.05, 0.1) is 23.7 Å². The molecular formula is C10H12ClN3O3. The molecule has 1 atom stereocenters. The normalized spacial score (nSPS) is 19.2. The quantitative estimate of drug-likeness (QED) is 0.508. The summed E-state index contributed by atoms with van der Waals surface area (Å²) < 4.78 is 5.24. The number of ether oxygens (including phenoxy) is 1. The maximum Gasteiger partial charge on any atom is 0.276 e. The Kier molecular flexibility index (Phi) is 3.75. The van der Waals surface area contributed by atoms with Crippen LogP contribution >= 0.6 is 11.6 Å². The van der Waals surface area contributed by atoms with Crippen molar-refractivity contribution in [2.24, 2.45) is 5.92 Å². The van der Waals surface area contributed by atoms with E-state index < -0.39 is 4.92 Å². The minimum absolute atomic E-state index is 0.0600. The molecule has 0 spiro atoms. The molecule has 1 aliphatic rings. The zero-order valence-corrected chi connectivity index (χ0v) is 9.81. The highest BCUT2D eigenvalue weighted by atomic mass is 35.5. The van der Waals surface area contributed by atoms with Crippen LogP contribution in [0, 0.1) is 16.0 Å². The number of hydrogen-bond acceptors (Lipinski definition) is 5. The molecule has 1 aliphatic heterocycles. The van der Waals surface area contributed by atoms with E-state index in [0.29, 0.717) is 18.3 Å². The van der Waals surface area contributed by atoms with Gasteiger partial charge in [0.2, 0.25) is 0 Å². The second kappa shape index (κ2) is 5.29. The molecule has 1 N–H and O–H groups in total. The van der Waals surface area contributed by atoms with Gasteiger partial charge in [-0.1, -0.05) is 11.6 Å². The van der Waals surface area contributed by atoms with Gasteiger partial charge in [-0.05, 0) is 6.42 Å². The summed E-state index contributed by atoms with van der Waals surface area (Å²) in [4.78, 5) is 14.1. The number of aromatic nitrogens is 1. The maximum atomic E-state index is 10.6. The topological polar surface area (TPSA) is 77.3 Å². The van der Waals surface area contributed by atoms with Crippen molar-refractivity contribution < 1.29 is 9.66 Å². The van der Waals surface area contributed by atoms with Gasteiger partial charge >= 0.3 is 0 Å². The van der Waals surface area contributed by atoms with E-state index in [2.05, 4.69) is 10.3 Å². The van der Waals surface area contributed by atoms with E-state index in [0.717, 1.165) is 19.6 Å². The van der Waals surface area contributed by atoms with Crippen LogP contribution in [0.15, 0.2) is 12.1 Å². The first-order valence-corrected chi connectivity index (χ1v) is 5.66. The first-order chi connectivity index (χ1) is 8.15. The second-order valence-corrected chi connectivity index (χ2v) is 4.29. The van der Waals surface area contributed by atoms with Gasteiger partial charge in [0, 0.05) is 19.1 Å². The predicted octanol–water partition coefficient (Wildman–Crippen LogP) is 2.09. The van der Waals surface area contributed by atoms with Gasteiger partial charge in [-0.15, -0.1) is 0 Å². The van der Waals surface area contributed by atoms with E-state index in [9.17, 15) is 10.1 Å². The lowest BCUT2D eigenvalue weighted by atomic mass is 10.1. The third-order valence-electron chi connectivity index (χ3n) is 2.59. The zero-order chi connectivity index (χ0) is 12.3. The summed E-state index contributed by atoms with van der Waals surface area (Å²) in [6.45, 7) is 2.18. The smallest absolute Gasteiger partial charge is 0.276 e. The molecule has 7 heteroatoms. The fraction of sp³-hybridized carbons (Fsp3) is 0.500. The molecule has 1 aromatic heterocycles. The summed E-state index contributed by atoms with van der Waals surface area (Å²) in [6.07, 6.45) is 0.996. The molecule has 1 aromatic rings. The number of nitrogens with zero attached hydrogens (tertiary/aromatic N) is 2. The van der Waals surface area contributed by atoms with Gasteiger partial charge in [-0.2, -0.15) is 0 Å². The first kappa shape index (κ1) is 12.1. The maximum absolute atomic E-state index is 10.6. The van der Waals surface area contributed by atoms with E-state index in [1.807, 2.05) is 0 Å². The molecule has 0 aliphatic carbocycles. The third-order valence-corrected chi connectivity index (χ3v) is 2.78. The van der Waals surface area contributed by atoms with Gasteiger partial charge in [0.25, 0.3) is 5.69 Å². The highest BCUT2D eigenvalue weighted by molar-refractivity contribution is 6.29. The molecule has 6 nitrogen and oxygen atoms in total. The summed E-state index contributed by atoms with van der Waals surface area (Å²) in [6, 6.07) is 2.60. The summed E-state index contributed by atoms with van der Waals surface area (Å²) in [5, 5.41) is 13.8. The van der Waals surface area contributed by atoms with Gasteiger partial charge in [-0.3, -0.25) is 10.1 Å². The Labute approximate surface area is 103 Å². The standard InChI is InChI=1S/C10H12ClN3O3/c11-9-3-8(14(15)16)4-10(13-9)12-5-7-1-2-17-6-7/h3-4,7H,1-2,5-6H2,(H,12,13). The van der Waals surface area contributed by atoms with E-state index in [-0.39, 0.29) is 10.8 Å². The number of rotatable bonds is 4. The minimum Gasteiger partial charge on any atom is -0.381 e. The van der Waals surface area contributed by atoms with Gasteiger partial charge in [0.1, 0.15) is 11.0 Å². The Balaban J connectivity index is 2.01. The highest BCUT2D eigenvalue weighted by Crippen LogP contribution is 2.21. The molecule has 17 heavy (non-hydrogen) atoms. The van der Waals surface area contributed by atoms with Crippen molar-refractivity contribution in [3.63, 3.8) is 0 Å². The van der Waals surface area contributed by atoms with Crippen LogP contribution < -0.4 is 5.32 Å². The van der Waals surface area contributed by atoms with Crippen LogP contribution in [0.2, 0.25) is 5.15 Å². The third kappa shape index (κ3) is 3.28. The first-order valence-electron chi connectivity index (χ1n) is 5.29. The number of anilines is 1. The molecule has 0 aromatic carbocycles.